The van der Waals surface area contributed by atoms with Crippen molar-refractivity contribution in [1.29, 1.82) is 0 Å². The lowest BCUT2D eigenvalue weighted by atomic mass is 10.0. The van der Waals surface area contributed by atoms with Crippen molar-refractivity contribution in [2.24, 2.45) is 0 Å². The molecule has 0 aromatic heterocycles. The maximum atomic E-state index is 12.3. The molecule has 2 N–H and O–H groups in total. The van der Waals surface area contributed by atoms with Crippen LogP contribution < -0.4 is 20.1 Å². The van der Waals surface area contributed by atoms with Crippen LogP contribution in [0.25, 0.3) is 0 Å². The highest BCUT2D eigenvalue weighted by molar-refractivity contribution is 5.97. The number of hydrogen-bond acceptors (Lipinski definition) is 4. The number of amides is 1. The number of hydrogen-bond donors (Lipinski definition) is 2. The fourth-order valence-corrected chi connectivity index (χ4v) is 2.25. The summed E-state index contributed by atoms with van der Waals surface area (Å²) in [5.74, 6) is 1.07. The molecule has 0 saturated carbocycles. The van der Waals surface area contributed by atoms with Crippen LogP contribution in [0.5, 0.6) is 11.5 Å². The van der Waals surface area contributed by atoms with Gasteiger partial charge in [-0.25, -0.2) is 0 Å². The van der Waals surface area contributed by atoms with Gasteiger partial charge in [0.1, 0.15) is 11.5 Å². The largest absolute Gasteiger partial charge is 0.497 e. The van der Waals surface area contributed by atoms with Gasteiger partial charge in [-0.15, -0.1) is 0 Å². The summed E-state index contributed by atoms with van der Waals surface area (Å²) in [6, 6.07) is 5.19. The fraction of sp³-hybridized carbons (Fsp3) is 0.500. The Morgan fingerprint density at radius 2 is 2.16 bits per heavy atom. The maximum absolute atomic E-state index is 12.3. The van der Waals surface area contributed by atoms with E-state index in [0.29, 0.717) is 17.1 Å². The molecule has 1 aliphatic heterocycles. The van der Waals surface area contributed by atoms with Crippen molar-refractivity contribution in [3.63, 3.8) is 0 Å². The topological polar surface area (TPSA) is 59.6 Å². The van der Waals surface area contributed by atoms with Crippen molar-refractivity contribution in [1.82, 2.24) is 10.6 Å². The Hall–Kier alpha value is -1.75. The van der Waals surface area contributed by atoms with Gasteiger partial charge in [0.2, 0.25) is 0 Å². The van der Waals surface area contributed by atoms with Crippen LogP contribution >= 0.6 is 0 Å². The van der Waals surface area contributed by atoms with E-state index >= 15 is 0 Å². The van der Waals surface area contributed by atoms with Crippen LogP contribution in [-0.4, -0.2) is 38.8 Å². The highest BCUT2D eigenvalue weighted by atomic mass is 16.5. The SMILES string of the molecule is COc1ccc(C(=O)NC2(C)CCNC2)c(OC)c1. The van der Waals surface area contributed by atoms with Gasteiger partial charge in [0.15, 0.2) is 0 Å². The van der Waals surface area contributed by atoms with Crippen LogP contribution in [0.1, 0.15) is 23.7 Å². The summed E-state index contributed by atoms with van der Waals surface area (Å²) in [5.41, 5.74) is 0.332. The Balaban J connectivity index is 2.18. The molecule has 19 heavy (non-hydrogen) atoms. The predicted octanol–water partition coefficient (Wildman–Crippen LogP) is 1.19. The number of carbonyl (C=O) groups excluding carboxylic acids is 1. The molecule has 0 bridgehead atoms. The van der Waals surface area contributed by atoms with Crippen molar-refractivity contribution < 1.29 is 14.3 Å². The molecule has 1 unspecified atom stereocenters. The van der Waals surface area contributed by atoms with Crippen LogP contribution in [0, 0.1) is 0 Å². The van der Waals surface area contributed by atoms with Gasteiger partial charge in [-0.05, 0) is 32.0 Å². The Morgan fingerprint density at radius 3 is 2.74 bits per heavy atom. The molecule has 1 fully saturated rings. The predicted molar refractivity (Wildman–Crippen MR) is 72.9 cm³/mol. The Bertz CT molecular complexity index is 468. The van der Waals surface area contributed by atoms with Crippen molar-refractivity contribution >= 4 is 5.91 Å². The van der Waals surface area contributed by atoms with Gasteiger partial charge in [0, 0.05) is 12.6 Å². The van der Waals surface area contributed by atoms with E-state index < -0.39 is 0 Å². The van der Waals surface area contributed by atoms with Crippen LogP contribution in [-0.2, 0) is 0 Å². The Labute approximate surface area is 113 Å². The second kappa shape index (κ2) is 5.48. The summed E-state index contributed by atoms with van der Waals surface area (Å²) in [4.78, 5) is 12.3. The lowest BCUT2D eigenvalue weighted by molar-refractivity contribution is 0.0910. The van der Waals surface area contributed by atoms with Gasteiger partial charge in [-0.2, -0.15) is 0 Å². The maximum Gasteiger partial charge on any atom is 0.255 e. The number of methoxy groups -OCH3 is 2. The number of rotatable bonds is 4. The van der Waals surface area contributed by atoms with Gasteiger partial charge in [0.05, 0.1) is 25.3 Å². The van der Waals surface area contributed by atoms with Crippen molar-refractivity contribution in [2.75, 3.05) is 27.3 Å². The molecular formula is C14H20N2O3. The molecule has 1 saturated heterocycles. The highest BCUT2D eigenvalue weighted by Gasteiger charge is 2.31. The number of benzene rings is 1. The third-order valence-electron chi connectivity index (χ3n) is 3.44. The van der Waals surface area contributed by atoms with E-state index in [1.807, 2.05) is 6.92 Å². The summed E-state index contributed by atoms with van der Waals surface area (Å²) < 4.78 is 10.4. The zero-order chi connectivity index (χ0) is 13.9. The minimum absolute atomic E-state index is 0.120. The molecule has 0 spiro atoms. The van der Waals surface area contributed by atoms with Gasteiger partial charge in [-0.3, -0.25) is 4.79 Å². The molecule has 104 valence electrons. The zero-order valence-electron chi connectivity index (χ0n) is 11.6. The van der Waals surface area contributed by atoms with E-state index in [4.69, 9.17) is 9.47 Å². The summed E-state index contributed by atoms with van der Waals surface area (Å²) in [6.07, 6.45) is 0.928. The monoisotopic (exact) mass is 264 g/mol. The average Bonchev–Trinajstić information content (AvgIpc) is 2.84. The normalized spacial score (nSPS) is 22.1. The number of ether oxygens (including phenoxy) is 2. The zero-order valence-corrected chi connectivity index (χ0v) is 11.6. The first-order valence-electron chi connectivity index (χ1n) is 6.33. The molecule has 0 aliphatic carbocycles. The van der Waals surface area contributed by atoms with E-state index in [1.165, 1.54) is 0 Å². The first-order valence-corrected chi connectivity index (χ1v) is 6.33. The third kappa shape index (κ3) is 2.98. The Morgan fingerprint density at radius 1 is 1.37 bits per heavy atom. The highest BCUT2D eigenvalue weighted by Crippen LogP contribution is 2.25. The Kier molecular flexibility index (Phi) is 3.95. The molecule has 1 amide bonds. The third-order valence-corrected chi connectivity index (χ3v) is 3.44. The van der Waals surface area contributed by atoms with Gasteiger partial charge in [0.25, 0.3) is 5.91 Å². The molecule has 5 nitrogen and oxygen atoms in total. The van der Waals surface area contributed by atoms with Crippen LogP contribution in [0.3, 0.4) is 0 Å². The fourth-order valence-electron chi connectivity index (χ4n) is 2.25. The number of carbonyl (C=O) groups is 1. The molecule has 0 radical (unpaired) electrons. The minimum atomic E-state index is -0.192. The summed E-state index contributed by atoms with van der Waals surface area (Å²) in [6.45, 7) is 3.76. The second-order valence-corrected chi connectivity index (χ2v) is 5.01. The van der Waals surface area contributed by atoms with Gasteiger partial charge < -0.3 is 20.1 Å². The smallest absolute Gasteiger partial charge is 0.255 e. The molecule has 1 atom stereocenters. The standard InChI is InChI=1S/C14H20N2O3/c1-14(6-7-15-9-14)16-13(17)11-5-4-10(18-2)8-12(11)19-3/h4-5,8,15H,6-7,9H2,1-3H3,(H,16,17). The van der Waals surface area contributed by atoms with Crippen molar-refractivity contribution in [3.8, 4) is 11.5 Å². The van der Waals surface area contributed by atoms with E-state index in [1.54, 1.807) is 32.4 Å². The molecule has 1 heterocycles. The van der Waals surface area contributed by atoms with Gasteiger partial charge >= 0.3 is 0 Å². The number of nitrogens with one attached hydrogen (secondary N) is 2. The lowest BCUT2D eigenvalue weighted by Crippen LogP contribution is -2.47. The van der Waals surface area contributed by atoms with Crippen molar-refractivity contribution in [2.45, 2.75) is 18.9 Å². The van der Waals surface area contributed by atoms with E-state index in [-0.39, 0.29) is 11.4 Å². The van der Waals surface area contributed by atoms with Crippen LogP contribution in [0.4, 0.5) is 0 Å². The first kappa shape index (κ1) is 13.7. The quantitative estimate of drug-likeness (QED) is 0.857. The summed E-state index contributed by atoms with van der Waals surface area (Å²) >= 11 is 0. The van der Waals surface area contributed by atoms with Crippen LogP contribution in [0.2, 0.25) is 0 Å². The van der Waals surface area contributed by atoms with Crippen molar-refractivity contribution in [3.05, 3.63) is 23.8 Å². The lowest BCUT2D eigenvalue weighted by Gasteiger charge is -2.25. The summed E-state index contributed by atoms with van der Waals surface area (Å²) in [5, 5.41) is 6.31. The average molecular weight is 264 g/mol. The van der Waals surface area contributed by atoms with E-state index in [2.05, 4.69) is 10.6 Å². The van der Waals surface area contributed by atoms with E-state index in [0.717, 1.165) is 19.5 Å². The van der Waals surface area contributed by atoms with Gasteiger partial charge in [-0.1, -0.05) is 0 Å². The molecule has 1 aliphatic rings. The first-order chi connectivity index (χ1) is 9.08. The molecular weight excluding hydrogens is 244 g/mol. The summed E-state index contributed by atoms with van der Waals surface area (Å²) in [7, 11) is 3.13. The molecule has 5 heteroatoms. The molecule has 1 aromatic rings. The second-order valence-electron chi connectivity index (χ2n) is 5.01. The molecule has 1 aromatic carbocycles. The van der Waals surface area contributed by atoms with Crippen LogP contribution in [0.15, 0.2) is 18.2 Å². The van der Waals surface area contributed by atoms with E-state index in [9.17, 15) is 4.79 Å². The molecule has 2 rings (SSSR count). The minimum Gasteiger partial charge on any atom is -0.497 e.